The molecule has 0 bridgehead atoms. The number of amides is 2. The number of carbonyl (C=O) groups is 2. The molecule has 0 aromatic heterocycles. The molecule has 1 fully saturated rings. The van der Waals surface area contributed by atoms with Gasteiger partial charge in [-0.05, 0) is 37.1 Å². The molecular weight excluding hydrogens is 343 g/mol. The first kappa shape index (κ1) is 18.2. The molecule has 0 N–H and O–H groups in total. The second kappa shape index (κ2) is 6.59. The normalized spacial score (nSPS) is 20.7. The highest BCUT2D eigenvalue weighted by Gasteiger charge is 2.46. The second-order valence-electron chi connectivity index (χ2n) is 6.64. The molecule has 2 atom stereocenters. The highest BCUT2D eigenvalue weighted by atomic mass is 19.4. The molecular formula is C20H18F3NO2. The molecule has 3 rings (SSSR count). The molecule has 1 saturated heterocycles. The summed E-state index contributed by atoms with van der Waals surface area (Å²) < 4.78 is 38.8. The molecule has 2 aromatic rings. The van der Waals surface area contributed by atoms with Crippen molar-refractivity contribution in [2.75, 3.05) is 4.90 Å². The van der Waals surface area contributed by atoms with E-state index in [0.29, 0.717) is 6.42 Å². The number of nitrogens with zero attached hydrogens (tertiary/aromatic N) is 1. The van der Waals surface area contributed by atoms with Crippen LogP contribution >= 0.6 is 0 Å². The fourth-order valence-electron chi connectivity index (χ4n) is 3.18. The van der Waals surface area contributed by atoms with E-state index in [4.69, 9.17) is 0 Å². The van der Waals surface area contributed by atoms with Gasteiger partial charge in [-0.25, -0.2) is 0 Å². The Kier molecular flexibility index (Phi) is 4.61. The number of halogens is 3. The molecule has 0 unspecified atom stereocenters. The molecule has 26 heavy (non-hydrogen) atoms. The fraction of sp³-hybridized carbons (Fsp3) is 0.300. The van der Waals surface area contributed by atoms with Gasteiger partial charge >= 0.3 is 6.18 Å². The van der Waals surface area contributed by atoms with Gasteiger partial charge in [0.25, 0.3) is 0 Å². The Morgan fingerprint density at radius 1 is 1.00 bits per heavy atom. The number of rotatable bonds is 3. The zero-order chi connectivity index (χ0) is 19.1. The summed E-state index contributed by atoms with van der Waals surface area (Å²) in [5.74, 6) is -2.09. The van der Waals surface area contributed by atoms with Crippen LogP contribution in [-0.4, -0.2) is 11.8 Å². The molecule has 0 radical (unpaired) electrons. The molecule has 0 saturated carbocycles. The smallest absolute Gasteiger partial charge is 0.274 e. The maximum absolute atomic E-state index is 12.9. The quantitative estimate of drug-likeness (QED) is 0.761. The van der Waals surface area contributed by atoms with Crippen LogP contribution in [0.5, 0.6) is 0 Å². The lowest BCUT2D eigenvalue weighted by atomic mass is 9.90. The minimum Gasteiger partial charge on any atom is -0.274 e. The predicted molar refractivity (Wildman–Crippen MR) is 91.5 cm³/mol. The van der Waals surface area contributed by atoms with Crippen molar-refractivity contribution in [1.82, 2.24) is 0 Å². The van der Waals surface area contributed by atoms with Crippen LogP contribution in [0, 0.1) is 18.8 Å². The first-order chi connectivity index (χ1) is 12.2. The molecule has 2 amide bonds. The Balaban J connectivity index is 1.89. The average Bonchev–Trinajstić information content (AvgIpc) is 2.80. The average molecular weight is 361 g/mol. The summed E-state index contributed by atoms with van der Waals surface area (Å²) in [6, 6.07) is 12.0. The number of imide groups is 1. The molecule has 1 aliphatic heterocycles. The van der Waals surface area contributed by atoms with E-state index in [2.05, 4.69) is 0 Å². The highest BCUT2D eigenvalue weighted by molar-refractivity contribution is 6.22. The largest absolute Gasteiger partial charge is 0.416 e. The van der Waals surface area contributed by atoms with E-state index in [-0.39, 0.29) is 5.69 Å². The summed E-state index contributed by atoms with van der Waals surface area (Å²) in [7, 11) is 0. The van der Waals surface area contributed by atoms with Gasteiger partial charge in [-0.2, -0.15) is 13.2 Å². The van der Waals surface area contributed by atoms with E-state index in [1.54, 1.807) is 6.92 Å². The van der Waals surface area contributed by atoms with Gasteiger partial charge in [0.1, 0.15) is 0 Å². The Bertz CT molecular complexity index is 843. The topological polar surface area (TPSA) is 37.4 Å². The molecule has 1 aliphatic rings. The van der Waals surface area contributed by atoms with E-state index in [0.717, 1.165) is 28.2 Å². The maximum atomic E-state index is 12.9. The third-order valence-electron chi connectivity index (χ3n) is 4.76. The van der Waals surface area contributed by atoms with Crippen molar-refractivity contribution in [2.24, 2.45) is 11.8 Å². The molecule has 2 aromatic carbocycles. The lowest BCUT2D eigenvalue weighted by molar-refractivity contribution is -0.137. The van der Waals surface area contributed by atoms with E-state index in [9.17, 15) is 22.8 Å². The summed E-state index contributed by atoms with van der Waals surface area (Å²) in [4.78, 5) is 26.2. The van der Waals surface area contributed by atoms with Crippen molar-refractivity contribution in [3.8, 4) is 0 Å². The van der Waals surface area contributed by atoms with E-state index < -0.39 is 35.4 Å². The summed E-state index contributed by atoms with van der Waals surface area (Å²) >= 11 is 0. The standard InChI is InChI=1S/C20H18F3NO2/c1-12-6-8-14(9-7-12)10-17-13(2)18(25)24(19(17)26)16-5-3-4-15(11-16)20(21,22)23/h3-9,11,13,17H,10H2,1-2H3/t13-,17-/m1/s1. The number of anilines is 1. The van der Waals surface area contributed by atoms with Crippen molar-refractivity contribution in [2.45, 2.75) is 26.4 Å². The lowest BCUT2D eigenvalue weighted by Crippen LogP contribution is -2.31. The van der Waals surface area contributed by atoms with E-state index >= 15 is 0 Å². The first-order valence-corrected chi connectivity index (χ1v) is 8.29. The summed E-state index contributed by atoms with van der Waals surface area (Å²) in [5, 5.41) is 0. The van der Waals surface area contributed by atoms with Gasteiger partial charge in [-0.1, -0.05) is 42.8 Å². The molecule has 1 heterocycles. The van der Waals surface area contributed by atoms with Crippen LogP contribution in [0.1, 0.15) is 23.6 Å². The van der Waals surface area contributed by atoms with Gasteiger partial charge in [-0.15, -0.1) is 0 Å². The third-order valence-corrected chi connectivity index (χ3v) is 4.76. The van der Waals surface area contributed by atoms with Crippen molar-refractivity contribution in [1.29, 1.82) is 0 Å². The summed E-state index contributed by atoms with van der Waals surface area (Å²) in [6.45, 7) is 3.60. The Labute approximate surface area is 149 Å². The Morgan fingerprint density at radius 3 is 2.27 bits per heavy atom. The third kappa shape index (κ3) is 3.36. The van der Waals surface area contributed by atoms with Gasteiger partial charge in [0.05, 0.1) is 17.2 Å². The number of carbonyl (C=O) groups excluding carboxylic acids is 2. The molecule has 6 heteroatoms. The van der Waals surface area contributed by atoms with Gasteiger partial charge < -0.3 is 0 Å². The number of alkyl halides is 3. The summed E-state index contributed by atoms with van der Waals surface area (Å²) in [6.07, 6.45) is -4.16. The van der Waals surface area contributed by atoms with E-state index in [1.807, 2.05) is 31.2 Å². The van der Waals surface area contributed by atoms with Crippen LogP contribution in [0.2, 0.25) is 0 Å². The van der Waals surface area contributed by atoms with Crippen molar-refractivity contribution < 1.29 is 22.8 Å². The Hall–Kier alpha value is -2.63. The number of hydrogen-bond acceptors (Lipinski definition) is 2. The van der Waals surface area contributed by atoms with Gasteiger partial charge in [0.15, 0.2) is 0 Å². The monoisotopic (exact) mass is 361 g/mol. The number of benzene rings is 2. The first-order valence-electron chi connectivity index (χ1n) is 8.29. The zero-order valence-electron chi connectivity index (χ0n) is 14.4. The highest BCUT2D eigenvalue weighted by Crippen LogP contribution is 2.36. The van der Waals surface area contributed by atoms with Crippen molar-refractivity contribution >= 4 is 17.5 Å². The van der Waals surface area contributed by atoms with Crippen LogP contribution < -0.4 is 4.90 Å². The molecule has 0 aliphatic carbocycles. The van der Waals surface area contributed by atoms with Crippen LogP contribution in [0.15, 0.2) is 48.5 Å². The number of hydrogen-bond donors (Lipinski definition) is 0. The summed E-state index contributed by atoms with van der Waals surface area (Å²) in [5.41, 5.74) is 1.08. The van der Waals surface area contributed by atoms with Crippen molar-refractivity contribution in [3.05, 3.63) is 65.2 Å². The fourth-order valence-corrected chi connectivity index (χ4v) is 3.18. The Morgan fingerprint density at radius 2 is 1.65 bits per heavy atom. The van der Waals surface area contributed by atoms with Crippen LogP contribution in [0.3, 0.4) is 0 Å². The minimum absolute atomic E-state index is 0.0342. The minimum atomic E-state index is -4.53. The van der Waals surface area contributed by atoms with Crippen LogP contribution in [0.25, 0.3) is 0 Å². The second-order valence-corrected chi connectivity index (χ2v) is 6.64. The molecule has 136 valence electrons. The van der Waals surface area contributed by atoms with Gasteiger partial charge in [0, 0.05) is 5.92 Å². The van der Waals surface area contributed by atoms with E-state index in [1.165, 1.54) is 12.1 Å². The van der Waals surface area contributed by atoms with Gasteiger partial charge in [-0.3, -0.25) is 14.5 Å². The lowest BCUT2D eigenvalue weighted by Gasteiger charge is -2.17. The number of aryl methyl sites for hydroxylation is 1. The van der Waals surface area contributed by atoms with Crippen LogP contribution in [0.4, 0.5) is 18.9 Å². The van der Waals surface area contributed by atoms with Crippen LogP contribution in [-0.2, 0) is 22.2 Å². The SMILES string of the molecule is Cc1ccc(C[C@H]2C(=O)N(c3cccc(C(F)(F)F)c3)C(=O)[C@@H]2C)cc1. The molecule has 0 spiro atoms. The maximum Gasteiger partial charge on any atom is 0.416 e. The van der Waals surface area contributed by atoms with Gasteiger partial charge in [0.2, 0.25) is 11.8 Å². The zero-order valence-corrected chi connectivity index (χ0v) is 14.4. The predicted octanol–water partition coefficient (Wildman–Crippen LogP) is 4.38. The van der Waals surface area contributed by atoms with Crippen molar-refractivity contribution in [3.63, 3.8) is 0 Å². The molecule has 3 nitrogen and oxygen atoms in total.